The summed E-state index contributed by atoms with van der Waals surface area (Å²) >= 11 is 0. The first-order chi connectivity index (χ1) is 15.6. The van der Waals surface area contributed by atoms with E-state index in [0.29, 0.717) is 29.4 Å². The normalized spacial score (nSPS) is 11.6. The summed E-state index contributed by atoms with van der Waals surface area (Å²) in [5.74, 6) is 0.499. The Morgan fingerprint density at radius 1 is 0.938 bits per heavy atom. The third-order valence-electron chi connectivity index (χ3n) is 4.64. The van der Waals surface area contributed by atoms with Crippen LogP contribution in [0.2, 0.25) is 0 Å². The highest BCUT2D eigenvalue weighted by atomic mass is 16.5. The standard InChI is InChI=1S/C26H26N2O4/c1-3-32-22-16-14-19(18-23(22)31-2)15-17-24(29)28-25(20-10-6-4-7-11-20)26(30)27-21-12-8-5-9-13-21/h4-18,25H,3H2,1-2H3,(H,27,30)(H,28,29). The molecular formula is C26H26N2O4. The summed E-state index contributed by atoms with van der Waals surface area (Å²) in [5.41, 5.74) is 2.11. The summed E-state index contributed by atoms with van der Waals surface area (Å²) in [6.45, 7) is 2.43. The SMILES string of the molecule is CCOc1ccc(C=CC(=O)NC(C(=O)Nc2ccccc2)c2ccccc2)cc1OC. The maximum Gasteiger partial charge on any atom is 0.251 e. The summed E-state index contributed by atoms with van der Waals surface area (Å²) in [5, 5.41) is 5.63. The number of para-hydroxylation sites is 1. The van der Waals surface area contributed by atoms with Gasteiger partial charge in [-0.2, -0.15) is 0 Å². The molecule has 6 nitrogen and oxygen atoms in total. The number of carbonyl (C=O) groups is 2. The van der Waals surface area contributed by atoms with E-state index >= 15 is 0 Å². The molecule has 3 aromatic rings. The van der Waals surface area contributed by atoms with Gasteiger partial charge in [0.2, 0.25) is 5.91 Å². The Morgan fingerprint density at radius 3 is 2.28 bits per heavy atom. The topological polar surface area (TPSA) is 76.7 Å². The number of carbonyl (C=O) groups excluding carboxylic acids is 2. The molecule has 0 aliphatic heterocycles. The number of hydrogen-bond acceptors (Lipinski definition) is 4. The van der Waals surface area contributed by atoms with Gasteiger partial charge in [0.05, 0.1) is 13.7 Å². The minimum atomic E-state index is -0.844. The Hall–Kier alpha value is -4.06. The molecule has 0 aromatic heterocycles. The first kappa shape index (κ1) is 22.6. The smallest absolute Gasteiger partial charge is 0.251 e. The monoisotopic (exact) mass is 430 g/mol. The number of benzene rings is 3. The summed E-state index contributed by atoms with van der Waals surface area (Å²) in [6.07, 6.45) is 3.05. The van der Waals surface area contributed by atoms with Crippen LogP contribution in [0.25, 0.3) is 6.08 Å². The summed E-state index contributed by atoms with van der Waals surface area (Å²) < 4.78 is 10.9. The first-order valence-electron chi connectivity index (χ1n) is 10.3. The van der Waals surface area contributed by atoms with E-state index in [9.17, 15) is 9.59 Å². The molecule has 0 aliphatic carbocycles. The summed E-state index contributed by atoms with van der Waals surface area (Å²) in [4.78, 5) is 25.6. The van der Waals surface area contributed by atoms with Crippen molar-refractivity contribution in [2.24, 2.45) is 0 Å². The molecule has 2 N–H and O–H groups in total. The molecule has 0 bridgehead atoms. The van der Waals surface area contributed by atoms with Gasteiger partial charge in [-0.05, 0) is 48.4 Å². The molecule has 3 rings (SSSR count). The fourth-order valence-corrected chi connectivity index (χ4v) is 3.11. The fraction of sp³-hybridized carbons (Fsp3) is 0.154. The van der Waals surface area contributed by atoms with Gasteiger partial charge in [-0.1, -0.05) is 54.6 Å². The van der Waals surface area contributed by atoms with Crippen molar-refractivity contribution in [1.82, 2.24) is 5.32 Å². The van der Waals surface area contributed by atoms with Gasteiger partial charge >= 0.3 is 0 Å². The van der Waals surface area contributed by atoms with Crippen LogP contribution < -0.4 is 20.1 Å². The number of rotatable bonds is 9. The summed E-state index contributed by atoms with van der Waals surface area (Å²) in [7, 11) is 1.56. The van der Waals surface area contributed by atoms with Crippen molar-refractivity contribution in [1.29, 1.82) is 0 Å². The van der Waals surface area contributed by atoms with Crippen molar-refractivity contribution in [2.45, 2.75) is 13.0 Å². The van der Waals surface area contributed by atoms with Gasteiger partial charge in [-0.15, -0.1) is 0 Å². The van der Waals surface area contributed by atoms with Crippen LogP contribution in [0.1, 0.15) is 24.1 Å². The Balaban J connectivity index is 1.74. The molecule has 1 unspecified atom stereocenters. The van der Waals surface area contributed by atoms with Gasteiger partial charge in [0.25, 0.3) is 5.91 Å². The quantitative estimate of drug-likeness (QED) is 0.487. The van der Waals surface area contributed by atoms with E-state index in [1.165, 1.54) is 6.08 Å². The van der Waals surface area contributed by atoms with Crippen molar-refractivity contribution >= 4 is 23.6 Å². The van der Waals surface area contributed by atoms with Crippen LogP contribution in [0.15, 0.2) is 84.9 Å². The van der Waals surface area contributed by atoms with Crippen molar-refractivity contribution in [3.63, 3.8) is 0 Å². The minimum absolute atomic E-state index is 0.327. The Labute approximate surface area is 187 Å². The number of nitrogens with one attached hydrogen (secondary N) is 2. The lowest BCUT2D eigenvalue weighted by atomic mass is 10.1. The Morgan fingerprint density at radius 2 is 1.62 bits per heavy atom. The van der Waals surface area contributed by atoms with Gasteiger partial charge < -0.3 is 20.1 Å². The van der Waals surface area contributed by atoms with Gasteiger partial charge in [0.1, 0.15) is 6.04 Å². The molecule has 1 atom stereocenters. The van der Waals surface area contributed by atoms with Crippen molar-refractivity contribution in [3.05, 3.63) is 96.1 Å². The van der Waals surface area contributed by atoms with Crippen molar-refractivity contribution < 1.29 is 19.1 Å². The van der Waals surface area contributed by atoms with Crippen LogP contribution in [0.5, 0.6) is 11.5 Å². The fourth-order valence-electron chi connectivity index (χ4n) is 3.11. The van der Waals surface area contributed by atoms with E-state index in [1.807, 2.05) is 49.4 Å². The average molecular weight is 431 g/mol. The molecule has 0 fully saturated rings. The number of anilines is 1. The molecule has 6 heteroatoms. The summed E-state index contributed by atoms with van der Waals surface area (Å²) in [6, 6.07) is 22.8. The molecule has 3 aromatic carbocycles. The predicted molar refractivity (Wildman–Crippen MR) is 126 cm³/mol. The minimum Gasteiger partial charge on any atom is -0.493 e. The Bertz CT molecular complexity index is 1070. The molecule has 0 saturated heterocycles. The maximum atomic E-state index is 12.9. The predicted octanol–water partition coefficient (Wildman–Crippen LogP) is 4.60. The van der Waals surface area contributed by atoms with Crippen molar-refractivity contribution in [3.8, 4) is 11.5 Å². The lowest BCUT2D eigenvalue weighted by Gasteiger charge is -2.18. The third-order valence-corrected chi connectivity index (χ3v) is 4.64. The van der Waals surface area contributed by atoms with Crippen LogP contribution >= 0.6 is 0 Å². The zero-order valence-electron chi connectivity index (χ0n) is 18.1. The van der Waals surface area contributed by atoms with Gasteiger partial charge in [0, 0.05) is 11.8 Å². The molecule has 0 spiro atoms. The average Bonchev–Trinajstić information content (AvgIpc) is 2.83. The second kappa shape index (κ2) is 11.4. The second-order valence-electron chi connectivity index (χ2n) is 6.88. The van der Waals surface area contributed by atoms with E-state index in [2.05, 4.69) is 10.6 Å². The van der Waals surface area contributed by atoms with Crippen molar-refractivity contribution in [2.75, 3.05) is 19.0 Å². The van der Waals surface area contributed by atoms with E-state index in [1.54, 1.807) is 49.6 Å². The zero-order valence-corrected chi connectivity index (χ0v) is 18.1. The van der Waals surface area contributed by atoms with Crippen LogP contribution in [-0.4, -0.2) is 25.5 Å². The van der Waals surface area contributed by atoms with E-state index in [-0.39, 0.29) is 5.91 Å². The molecule has 0 saturated carbocycles. The molecular weight excluding hydrogens is 404 g/mol. The molecule has 164 valence electrons. The lowest BCUT2D eigenvalue weighted by Crippen LogP contribution is -2.36. The van der Waals surface area contributed by atoms with E-state index < -0.39 is 11.9 Å². The van der Waals surface area contributed by atoms with Gasteiger partial charge in [-0.25, -0.2) is 0 Å². The van der Waals surface area contributed by atoms with E-state index in [4.69, 9.17) is 9.47 Å². The number of methoxy groups -OCH3 is 1. The second-order valence-corrected chi connectivity index (χ2v) is 6.88. The van der Waals surface area contributed by atoms with Gasteiger partial charge in [-0.3, -0.25) is 9.59 Å². The van der Waals surface area contributed by atoms with Crippen LogP contribution in [0, 0.1) is 0 Å². The molecule has 2 amide bonds. The highest BCUT2D eigenvalue weighted by Crippen LogP contribution is 2.28. The highest BCUT2D eigenvalue weighted by Gasteiger charge is 2.22. The molecule has 0 radical (unpaired) electrons. The molecule has 0 aliphatic rings. The number of amides is 2. The molecule has 0 heterocycles. The third kappa shape index (κ3) is 6.22. The van der Waals surface area contributed by atoms with Gasteiger partial charge in [0.15, 0.2) is 11.5 Å². The van der Waals surface area contributed by atoms with Crippen LogP contribution in [0.4, 0.5) is 5.69 Å². The van der Waals surface area contributed by atoms with Crippen LogP contribution in [-0.2, 0) is 9.59 Å². The lowest BCUT2D eigenvalue weighted by molar-refractivity contribution is -0.123. The zero-order chi connectivity index (χ0) is 22.8. The highest BCUT2D eigenvalue weighted by molar-refractivity contribution is 6.00. The Kier molecular flexibility index (Phi) is 8.03. The largest absolute Gasteiger partial charge is 0.493 e. The van der Waals surface area contributed by atoms with Crippen LogP contribution in [0.3, 0.4) is 0 Å². The number of hydrogen-bond donors (Lipinski definition) is 2. The van der Waals surface area contributed by atoms with E-state index in [0.717, 1.165) is 5.56 Å². The number of ether oxygens (including phenoxy) is 2. The maximum absolute atomic E-state index is 12.9. The first-order valence-corrected chi connectivity index (χ1v) is 10.3. The molecule has 32 heavy (non-hydrogen) atoms.